The van der Waals surface area contributed by atoms with Crippen LogP contribution in [0.5, 0.6) is 0 Å². The molecule has 0 unspecified atom stereocenters. The molecule has 176 valence electrons. The number of rotatable bonds is 6. The van der Waals surface area contributed by atoms with Gasteiger partial charge in [0.25, 0.3) is 0 Å². The first-order valence-corrected chi connectivity index (χ1v) is 12.4. The van der Waals surface area contributed by atoms with E-state index in [9.17, 15) is 22.8 Å². The molecule has 1 aromatic rings. The van der Waals surface area contributed by atoms with Gasteiger partial charge in [0.2, 0.25) is 21.8 Å². The van der Waals surface area contributed by atoms with E-state index in [-0.39, 0.29) is 36.4 Å². The first-order valence-electron chi connectivity index (χ1n) is 11.0. The number of piperazine rings is 1. The van der Waals surface area contributed by atoms with Crippen LogP contribution in [0.2, 0.25) is 0 Å². The average Bonchev–Trinajstić information content (AvgIpc) is 2.83. The molecule has 3 rings (SSSR count). The zero-order valence-electron chi connectivity index (χ0n) is 18.5. The fourth-order valence-electron chi connectivity index (χ4n) is 4.34. The predicted octanol–water partition coefficient (Wildman–Crippen LogP) is 1.15. The summed E-state index contributed by atoms with van der Waals surface area (Å²) in [5.41, 5.74) is 0. The van der Waals surface area contributed by atoms with E-state index in [0.29, 0.717) is 0 Å². The molecule has 1 heterocycles. The number of esters is 1. The summed E-state index contributed by atoms with van der Waals surface area (Å²) >= 11 is 0. The number of benzene rings is 1. The van der Waals surface area contributed by atoms with Crippen molar-refractivity contribution in [2.24, 2.45) is 5.92 Å². The highest BCUT2D eigenvalue weighted by Crippen LogP contribution is 2.28. The minimum Gasteiger partial charge on any atom is -0.467 e. The fourth-order valence-corrected chi connectivity index (χ4v) is 5.79. The van der Waals surface area contributed by atoms with Crippen molar-refractivity contribution in [2.45, 2.75) is 56.0 Å². The van der Waals surface area contributed by atoms with Crippen LogP contribution in [0, 0.1) is 5.92 Å². The molecule has 1 saturated carbocycles. The van der Waals surface area contributed by atoms with Gasteiger partial charge in [-0.15, -0.1) is 0 Å². The van der Waals surface area contributed by atoms with Gasteiger partial charge in [-0.3, -0.25) is 9.59 Å². The fraction of sp³-hybridized carbons (Fsp3) is 0.591. The van der Waals surface area contributed by atoms with E-state index in [1.54, 1.807) is 18.2 Å². The molecule has 1 aromatic carbocycles. The molecule has 2 amide bonds. The van der Waals surface area contributed by atoms with Crippen molar-refractivity contribution >= 4 is 27.8 Å². The molecule has 2 fully saturated rings. The smallest absolute Gasteiger partial charge is 0.328 e. The molecule has 0 spiro atoms. The quantitative estimate of drug-likeness (QED) is 0.631. The zero-order chi connectivity index (χ0) is 23.3. The Labute approximate surface area is 189 Å². The Kier molecular flexibility index (Phi) is 7.89. The summed E-state index contributed by atoms with van der Waals surface area (Å²) in [6.45, 7) is 1.53. The summed E-state index contributed by atoms with van der Waals surface area (Å²) in [6, 6.07) is 6.07. The van der Waals surface area contributed by atoms with Crippen molar-refractivity contribution in [1.29, 1.82) is 0 Å². The van der Waals surface area contributed by atoms with Gasteiger partial charge in [-0.05, 0) is 31.9 Å². The Bertz CT molecular complexity index is 930. The SMILES string of the molecule is COC(=O)[C@@H](C)NC(=O)[C@@H]1CN(S(=O)(=O)c2ccccc2)CCN1C(=O)C1CCCCC1. The van der Waals surface area contributed by atoms with Crippen molar-refractivity contribution < 1.29 is 27.5 Å². The second-order valence-electron chi connectivity index (χ2n) is 8.31. The lowest BCUT2D eigenvalue weighted by atomic mass is 9.87. The van der Waals surface area contributed by atoms with E-state index in [2.05, 4.69) is 10.1 Å². The van der Waals surface area contributed by atoms with Crippen molar-refractivity contribution in [2.75, 3.05) is 26.7 Å². The Morgan fingerprint density at radius 1 is 1.06 bits per heavy atom. The van der Waals surface area contributed by atoms with E-state index < -0.39 is 34.0 Å². The van der Waals surface area contributed by atoms with Crippen LogP contribution in [-0.4, -0.2) is 74.2 Å². The third kappa shape index (κ3) is 5.29. The number of amides is 2. The van der Waals surface area contributed by atoms with E-state index >= 15 is 0 Å². The van der Waals surface area contributed by atoms with Crippen molar-refractivity contribution in [1.82, 2.24) is 14.5 Å². The second-order valence-corrected chi connectivity index (χ2v) is 10.2. The maximum absolute atomic E-state index is 13.3. The van der Waals surface area contributed by atoms with Crippen molar-refractivity contribution in [3.8, 4) is 0 Å². The Hall–Kier alpha value is -2.46. The Balaban J connectivity index is 1.84. The van der Waals surface area contributed by atoms with Gasteiger partial charge in [0.15, 0.2) is 0 Å². The summed E-state index contributed by atoms with van der Waals surface area (Å²) in [7, 11) is -2.61. The number of nitrogens with one attached hydrogen (secondary N) is 1. The maximum atomic E-state index is 13.3. The molecule has 32 heavy (non-hydrogen) atoms. The number of hydrogen-bond donors (Lipinski definition) is 1. The molecule has 1 aliphatic heterocycles. The molecule has 2 atom stereocenters. The minimum atomic E-state index is -3.83. The molecule has 2 aliphatic rings. The molecule has 1 saturated heterocycles. The monoisotopic (exact) mass is 465 g/mol. The summed E-state index contributed by atoms with van der Waals surface area (Å²) in [5, 5.41) is 2.57. The molecular formula is C22H31N3O6S. The Morgan fingerprint density at radius 2 is 1.72 bits per heavy atom. The number of ether oxygens (including phenoxy) is 1. The summed E-state index contributed by atoms with van der Waals surface area (Å²) in [5.74, 6) is -1.46. The summed E-state index contributed by atoms with van der Waals surface area (Å²) < 4.78 is 32.2. The van der Waals surface area contributed by atoms with Crippen LogP contribution in [0.4, 0.5) is 0 Å². The highest BCUT2D eigenvalue weighted by molar-refractivity contribution is 7.89. The largest absolute Gasteiger partial charge is 0.467 e. The minimum absolute atomic E-state index is 0.103. The van der Waals surface area contributed by atoms with Crippen molar-refractivity contribution in [3.05, 3.63) is 30.3 Å². The van der Waals surface area contributed by atoms with E-state index in [1.165, 1.54) is 35.4 Å². The lowest BCUT2D eigenvalue weighted by Gasteiger charge is -2.41. The van der Waals surface area contributed by atoms with Crippen LogP contribution in [0.25, 0.3) is 0 Å². The highest BCUT2D eigenvalue weighted by Gasteiger charge is 2.42. The maximum Gasteiger partial charge on any atom is 0.328 e. The number of sulfonamides is 1. The zero-order valence-corrected chi connectivity index (χ0v) is 19.3. The molecule has 1 N–H and O–H groups in total. The van der Waals surface area contributed by atoms with Crippen LogP contribution in [-0.2, 0) is 29.1 Å². The second kappa shape index (κ2) is 10.4. The van der Waals surface area contributed by atoms with Crippen LogP contribution in [0.3, 0.4) is 0 Å². The van der Waals surface area contributed by atoms with Gasteiger partial charge in [-0.2, -0.15) is 4.31 Å². The molecule has 10 heteroatoms. The van der Waals surface area contributed by atoms with Crippen molar-refractivity contribution in [3.63, 3.8) is 0 Å². The van der Waals surface area contributed by atoms with Gasteiger partial charge in [0.05, 0.1) is 12.0 Å². The number of nitrogens with zero attached hydrogens (tertiary/aromatic N) is 2. The van der Waals surface area contributed by atoms with Gasteiger partial charge in [-0.25, -0.2) is 13.2 Å². The molecule has 0 radical (unpaired) electrons. The number of methoxy groups -OCH3 is 1. The predicted molar refractivity (Wildman–Crippen MR) is 117 cm³/mol. The molecule has 0 bridgehead atoms. The number of carbonyl (C=O) groups excluding carboxylic acids is 3. The third-order valence-corrected chi connectivity index (χ3v) is 8.06. The molecule has 1 aliphatic carbocycles. The standard InChI is InChI=1S/C22H31N3O6S/c1-16(22(28)31-2)23-20(26)19-15-24(32(29,30)18-11-7-4-8-12-18)13-14-25(19)21(27)17-9-5-3-6-10-17/h4,7-8,11-12,16-17,19H,3,5-6,9-10,13-15H2,1-2H3,(H,23,26)/t16-,19+/m1/s1. The summed E-state index contributed by atoms with van der Waals surface area (Å²) in [6.07, 6.45) is 4.57. The number of hydrogen-bond acceptors (Lipinski definition) is 6. The van der Waals surface area contributed by atoms with Crippen LogP contribution >= 0.6 is 0 Å². The normalized spacial score (nSPS) is 21.6. The van der Waals surface area contributed by atoms with Gasteiger partial charge >= 0.3 is 5.97 Å². The van der Waals surface area contributed by atoms with Gasteiger partial charge in [-0.1, -0.05) is 37.5 Å². The van der Waals surface area contributed by atoms with Crippen LogP contribution in [0.1, 0.15) is 39.0 Å². The summed E-state index contributed by atoms with van der Waals surface area (Å²) in [4.78, 5) is 39.8. The van der Waals surface area contributed by atoms with Gasteiger partial charge < -0.3 is 15.0 Å². The van der Waals surface area contributed by atoms with E-state index in [1.807, 2.05) is 0 Å². The third-order valence-electron chi connectivity index (χ3n) is 6.18. The topological polar surface area (TPSA) is 113 Å². The van der Waals surface area contributed by atoms with Gasteiger partial charge in [0.1, 0.15) is 12.1 Å². The first-order chi connectivity index (χ1) is 15.3. The molecule has 9 nitrogen and oxygen atoms in total. The van der Waals surface area contributed by atoms with E-state index in [0.717, 1.165) is 32.1 Å². The van der Waals surface area contributed by atoms with E-state index in [4.69, 9.17) is 0 Å². The average molecular weight is 466 g/mol. The van der Waals surface area contributed by atoms with Crippen LogP contribution in [0.15, 0.2) is 35.2 Å². The number of carbonyl (C=O) groups is 3. The lowest BCUT2D eigenvalue weighted by molar-refractivity contribution is -0.149. The highest BCUT2D eigenvalue weighted by atomic mass is 32.2. The van der Waals surface area contributed by atoms with Gasteiger partial charge in [0, 0.05) is 25.6 Å². The molecular weight excluding hydrogens is 434 g/mol. The first kappa shape index (κ1) is 24.2. The van der Waals surface area contributed by atoms with Crippen LogP contribution < -0.4 is 5.32 Å². The molecule has 0 aromatic heterocycles. The Morgan fingerprint density at radius 3 is 2.34 bits per heavy atom. The lowest BCUT2D eigenvalue weighted by Crippen LogP contribution is -2.63.